The fourth-order valence-corrected chi connectivity index (χ4v) is 1.90. The zero-order valence-corrected chi connectivity index (χ0v) is 10.2. The molecule has 0 radical (unpaired) electrons. The monoisotopic (exact) mass is 252 g/mol. The molecule has 1 heterocycles. The molecule has 0 aliphatic carbocycles. The highest BCUT2D eigenvalue weighted by atomic mass is 19.4. The van der Waals surface area contributed by atoms with Crippen molar-refractivity contribution in [2.75, 3.05) is 19.6 Å². The molecule has 2 N–H and O–H groups in total. The molecule has 0 spiro atoms. The lowest BCUT2D eigenvalue weighted by Gasteiger charge is -2.29. The van der Waals surface area contributed by atoms with Gasteiger partial charge in [0.25, 0.3) is 0 Å². The second-order valence-corrected chi connectivity index (χ2v) is 4.95. The van der Waals surface area contributed by atoms with Gasteiger partial charge in [-0.3, -0.25) is 4.79 Å². The smallest absolute Gasteiger partial charge is 0.355 e. The lowest BCUT2D eigenvalue weighted by atomic mass is 9.85. The lowest BCUT2D eigenvalue weighted by Crippen LogP contribution is -2.52. The summed E-state index contributed by atoms with van der Waals surface area (Å²) in [7, 11) is 0. The Hall–Kier alpha value is -0.780. The van der Waals surface area contributed by atoms with Gasteiger partial charge in [-0.25, -0.2) is 0 Å². The minimum Gasteiger partial charge on any atom is -0.355 e. The highest BCUT2D eigenvalue weighted by Crippen LogP contribution is 2.43. The van der Waals surface area contributed by atoms with Crippen LogP contribution in [0.15, 0.2) is 0 Å². The van der Waals surface area contributed by atoms with Gasteiger partial charge >= 0.3 is 6.18 Å². The summed E-state index contributed by atoms with van der Waals surface area (Å²) in [5.74, 6) is -0.533. The number of amides is 1. The molecule has 17 heavy (non-hydrogen) atoms. The molecule has 1 atom stereocenters. The fraction of sp³-hybridized carbons (Fsp3) is 0.909. The van der Waals surface area contributed by atoms with Crippen LogP contribution in [0.4, 0.5) is 13.2 Å². The predicted molar refractivity (Wildman–Crippen MR) is 58.4 cm³/mol. The van der Waals surface area contributed by atoms with Crippen molar-refractivity contribution < 1.29 is 18.0 Å². The van der Waals surface area contributed by atoms with Crippen LogP contribution in [0.5, 0.6) is 0 Å². The normalized spacial score (nSPS) is 25.3. The third-order valence-electron chi connectivity index (χ3n) is 3.14. The molecule has 0 saturated carbocycles. The third-order valence-corrected chi connectivity index (χ3v) is 3.14. The van der Waals surface area contributed by atoms with Crippen LogP contribution >= 0.6 is 0 Å². The van der Waals surface area contributed by atoms with E-state index in [1.807, 2.05) is 13.8 Å². The number of hydrogen-bond donors (Lipinski definition) is 2. The van der Waals surface area contributed by atoms with Crippen LogP contribution in [0.25, 0.3) is 0 Å². The van der Waals surface area contributed by atoms with E-state index in [2.05, 4.69) is 10.6 Å². The van der Waals surface area contributed by atoms with Gasteiger partial charge in [0.1, 0.15) is 0 Å². The predicted octanol–water partition coefficient (Wildman–Crippen LogP) is 1.69. The van der Waals surface area contributed by atoms with Gasteiger partial charge in [0, 0.05) is 13.1 Å². The molecule has 1 amide bonds. The molecular weight excluding hydrogens is 233 g/mol. The SMILES string of the molecule is CC(C)CCNC(=O)C1(C(F)(F)F)CCNC1. The van der Waals surface area contributed by atoms with E-state index in [-0.39, 0.29) is 19.5 Å². The number of rotatable bonds is 4. The molecule has 0 bridgehead atoms. The number of halogens is 3. The lowest BCUT2D eigenvalue weighted by molar-refractivity contribution is -0.216. The Morgan fingerprint density at radius 3 is 2.53 bits per heavy atom. The van der Waals surface area contributed by atoms with Crippen molar-refractivity contribution in [2.24, 2.45) is 11.3 Å². The van der Waals surface area contributed by atoms with Gasteiger partial charge in [0.05, 0.1) is 0 Å². The van der Waals surface area contributed by atoms with Crippen molar-refractivity contribution in [3.8, 4) is 0 Å². The summed E-state index contributed by atoms with van der Waals surface area (Å²) in [4.78, 5) is 11.7. The van der Waals surface area contributed by atoms with Crippen LogP contribution in [0.1, 0.15) is 26.7 Å². The van der Waals surface area contributed by atoms with Crippen molar-refractivity contribution in [3.05, 3.63) is 0 Å². The first-order chi connectivity index (χ1) is 7.79. The molecule has 1 fully saturated rings. The van der Waals surface area contributed by atoms with Crippen molar-refractivity contribution in [3.63, 3.8) is 0 Å². The van der Waals surface area contributed by atoms with Gasteiger partial charge in [0.15, 0.2) is 5.41 Å². The number of alkyl halides is 3. The number of carbonyl (C=O) groups excluding carboxylic acids is 1. The third kappa shape index (κ3) is 3.12. The first-order valence-electron chi connectivity index (χ1n) is 5.85. The average molecular weight is 252 g/mol. The van der Waals surface area contributed by atoms with E-state index < -0.39 is 17.5 Å². The largest absolute Gasteiger partial charge is 0.404 e. The second kappa shape index (κ2) is 5.25. The highest BCUT2D eigenvalue weighted by Gasteiger charge is 2.61. The van der Waals surface area contributed by atoms with Crippen LogP contribution in [-0.2, 0) is 4.79 Å². The van der Waals surface area contributed by atoms with Crippen LogP contribution in [0.3, 0.4) is 0 Å². The maximum atomic E-state index is 13.0. The van der Waals surface area contributed by atoms with Gasteiger partial charge in [0.2, 0.25) is 5.91 Å². The maximum Gasteiger partial charge on any atom is 0.404 e. The summed E-state index contributed by atoms with van der Waals surface area (Å²) in [6.45, 7) is 4.14. The zero-order valence-electron chi connectivity index (χ0n) is 10.2. The Morgan fingerprint density at radius 2 is 2.12 bits per heavy atom. The Balaban J connectivity index is 2.63. The molecule has 0 aromatic rings. The van der Waals surface area contributed by atoms with Crippen LogP contribution in [-0.4, -0.2) is 31.7 Å². The fourth-order valence-electron chi connectivity index (χ4n) is 1.90. The maximum absolute atomic E-state index is 13.0. The van der Waals surface area contributed by atoms with Gasteiger partial charge in [-0.2, -0.15) is 13.2 Å². The van der Waals surface area contributed by atoms with E-state index in [4.69, 9.17) is 0 Å². The molecule has 1 rings (SSSR count). The Bertz CT molecular complexity index is 270. The molecule has 0 aromatic carbocycles. The minimum absolute atomic E-state index is 0.177. The Kier molecular flexibility index (Phi) is 4.41. The first-order valence-corrected chi connectivity index (χ1v) is 5.85. The van der Waals surface area contributed by atoms with Crippen LogP contribution in [0, 0.1) is 11.3 Å². The molecule has 0 aromatic heterocycles. The zero-order chi connectivity index (χ0) is 13.1. The summed E-state index contributed by atoms with van der Waals surface area (Å²) < 4.78 is 38.9. The molecule has 1 saturated heterocycles. The molecule has 3 nitrogen and oxygen atoms in total. The van der Waals surface area contributed by atoms with E-state index in [0.29, 0.717) is 18.9 Å². The van der Waals surface area contributed by atoms with Gasteiger partial charge in [-0.1, -0.05) is 13.8 Å². The minimum atomic E-state index is -4.49. The summed E-state index contributed by atoms with van der Waals surface area (Å²) in [5.41, 5.74) is -2.23. The standard InChI is InChI=1S/C11H19F3N2O/c1-8(2)3-5-16-9(17)10(11(12,13)14)4-6-15-7-10/h8,15H,3-7H2,1-2H3,(H,16,17). The van der Waals surface area contributed by atoms with Crippen molar-refractivity contribution >= 4 is 5.91 Å². The molecule has 1 aliphatic heterocycles. The molecular formula is C11H19F3N2O. The Morgan fingerprint density at radius 1 is 1.47 bits per heavy atom. The van der Waals surface area contributed by atoms with Crippen LogP contribution < -0.4 is 10.6 Å². The molecule has 1 unspecified atom stereocenters. The van der Waals surface area contributed by atoms with E-state index in [0.717, 1.165) is 0 Å². The number of nitrogens with one attached hydrogen (secondary N) is 2. The number of hydrogen-bond acceptors (Lipinski definition) is 2. The summed E-state index contributed by atoms with van der Waals surface area (Å²) in [6.07, 6.45) is -3.98. The molecule has 6 heteroatoms. The number of carbonyl (C=O) groups is 1. The van der Waals surface area contributed by atoms with Gasteiger partial charge in [-0.15, -0.1) is 0 Å². The molecule has 100 valence electrons. The quantitative estimate of drug-likeness (QED) is 0.799. The van der Waals surface area contributed by atoms with Crippen molar-refractivity contribution in [1.29, 1.82) is 0 Å². The van der Waals surface area contributed by atoms with Gasteiger partial charge in [-0.05, 0) is 25.3 Å². The van der Waals surface area contributed by atoms with E-state index >= 15 is 0 Å². The first kappa shape index (κ1) is 14.3. The second-order valence-electron chi connectivity index (χ2n) is 4.95. The highest BCUT2D eigenvalue weighted by molar-refractivity contribution is 5.84. The van der Waals surface area contributed by atoms with Crippen molar-refractivity contribution in [2.45, 2.75) is 32.9 Å². The summed E-state index contributed by atoms with van der Waals surface area (Å²) in [6, 6.07) is 0. The van der Waals surface area contributed by atoms with E-state index in [1.165, 1.54) is 0 Å². The van der Waals surface area contributed by atoms with Crippen molar-refractivity contribution in [1.82, 2.24) is 10.6 Å². The Labute approximate surface area is 99.1 Å². The summed E-state index contributed by atoms with van der Waals surface area (Å²) >= 11 is 0. The average Bonchev–Trinajstić information content (AvgIpc) is 2.65. The summed E-state index contributed by atoms with van der Waals surface area (Å²) in [5, 5.41) is 5.02. The van der Waals surface area contributed by atoms with E-state index in [1.54, 1.807) is 0 Å². The topological polar surface area (TPSA) is 41.1 Å². The van der Waals surface area contributed by atoms with Crippen LogP contribution in [0.2, 0.25) is 0 Å². The molecule has 1 aliphatic rings. The van der Waals surface area contributed by atoms with E-state index in [9.17, 15) is 18.0 Å². The van der Waals surface area contributed by atoms with Gasteiger partial charge < -0.3 is 10.6 Å².